The number of hydrogen-bond donors (Lipinski definition) is 1. The molecule has 0 aromatic carbocycles. The summed E-state index contributed by atoms with van der Waals surface area (Å²) in [5, 5.41) is 3.03. The number of hydrogen-bond acceptors (Lipinski definition) is 1. The van der Waals surface area contributed by atoms with Crippen LogP contribution in [-0.4, -0.2) is 11.9 Å². The molecule has 2 heteroatoms. The van der Waals surface area contributed by atoms with E-state index in [1.807, 2.05) is 0 Å². The van der Waals surface area contributed by atoms with E-state index in [1.165, 1.54) is 6.42 Å². The van der Waals surface area contributed by atoms with E-state index in [-0.39, 0.29) is 0 Å². The van der Waals surface area contributed by atoms with Gasteiger partial charge in [0.2, 0.25) is 5.91 Å². The lowest BCUT2D eigenvalue weighted by Gasteiger charge is -2.22. The van der Waals surface area contributed by atoms with Crippen LogP contribution >= 0.6 is 0 Å². The fourth-order valence-corrected chi connectivity index (χ4v) is 2.06. The highest BCUT2D eigenvalue weighted by atomic mass is 16.2. The maximum atomic E-state index is 11.1. The van der Waals surface area contributed by atoms with Gasteiger partial charge in [0.05, 0.1) is 0 Å². The summed E-state index contributed by atoms with van der Waals surface area (Å²) in [6, 6.07) is 0.506. The quantitative estimate of drug-likeness (QED) is 0.531. The molecule has 1 saturated heterocycles. The molecule has 56 valence electrons. The van der Waals surface area contributed by atoms with Crippen molar-refractivity contribution in [2.75, 3.05) is 0 Å². The summed E-state index contributed by atoms with van der Waals surface area (Å²) >= 11 is 0. The fraction of sp³-hybridized carbons (Fsp3) is 0.875. The topological polar surface area (TPSA) is 29.1 Å². The van der Waals surface area contributed by atoms with Crippen molar-refractivity contribution in [1.82, 2.24) is 5.32 Å². The largest absolute Gasteiger partial charge is 0.353 e. The molecular formula is C8H13NO. The Morgan fingerprint density at radius 1 is 1.50 bits per heavy atom. The van der Waals surface area contributed by atoms with Crippen molar-refractivity contribution in [3.8, 4) is 0 Å². The van der Waals surface area contributed by atoms with Crippen molar-refractivity contribution in [3.05, 3.63) is 0 Å². The third-order valence-electron chi connectivity index (χ3n) is 2.89. The molecule has 2 fully saturated rings. The van der Waals surface area contributed by atoms with Crippen molar-refractivity contribution < 1.29 is 4.79 Å². The number of fused-ring (bicyclic) bond motifs is 2. The average molecular weight is 139 g/mol. The van der Waals surface area contributed by atoms with Gasteiger partial charge in [0.15, 0.2) is 0 Å². The average Bonchev–Trinajstić information content (AvgIpc) is 2.21. The molecule has 0 spiro atoms. The van der Waals surface area contributed by atoms with Gasteiger partial charge < -0.3 is 5.32 Å². The van der Waals surface area contributed by atoms with E-state index in [1.54, 1.807) is 0 Å². The zero-order valence-electron chi connectivity index (χ0n) is 6.26. The third-order valence-corrected chi connectivity index (χ3v) is 2.89. The second-order valence-corrected chi connectivity index (χ2v) is 3.60. The number of carbonyl (C=O) groups is 1. The molecule has 3 unspecified atom stereocenters. The Balaban J connectivity index is 2.15. The van der Waals surface area contributed by atoms with E-state index in [0.29, 0.717) is 23.8 Å². The molecule has 1 aliphatic heterocycles. The Bertz CT molecular complexity index is 167. The van der Waals surface area contributed by atoms with Gasteiger partial charge in [-0.3, -0.25) is 4.79 Å². The molecule has 3 atom stereocenters. The first kappa shape index (κ1) is 6.20. The Labute approximate surface area is 61.0 Å². The molecule has 0 radical (unpaired) electrons. The first-order valence-electron chi connectivity index (χ1n) is 4.08. The van der Waals surface area contributed by atoms with Gasteiger partial charge in [0.1, 0.15) is 0 Å². The summed E-state index contributed by atoms with van der Waals surface area (Å²) in [6.45, 7) is 2.23. The molecule has 10 heavy (non-hydrogen) atoms. The summed E-state index contributed by atoms with van der Waals surface area (Å²) in [4.78, 5) is 11.1. The van der Waals surface area contributed by atoms with Crippen molar-refractivity contribution in [1.29, 1.82) is 0 Å². The normalized spacial score (nSPS) is 45.3. The number of amides is 1. The zero-order valence-corrected chi connectivity index (χ0v) is 6.26. The van der Waals surface area contributed by atoms with Gasteiger partial charge in [0, 0.05) is 12.0 Å². The molecule has 2 rings (SSSR count). The monoisotopic (exact) mass is 139 g/mol. The van der Waals surface area contributed by atoms with Crippen molar-refractivity contribution in [2.45, 2.75) is 32.2 Å². The van der Waals surface area contributed by atoms with E-state index in [4.69, 9.17) is 0 Å². The Kier molecular flexibility index (Phi) is 1.22. The molecule has 2 aliphatic rings. The van der Waals surface area contributed by atoms with Crippen LogP contribution in [0.15, 0.2) is 0 Å². The van der Waals surface area contributed by atoms with Gasteiger partial charge in [-0.1, -0.05) is 6.92 Å². The van der Waals surface area contributed by atoms with Gasteiger partial charge in [-0.2, -0.15) is 0 Å². The van der Waals surface area contributed by atoms with Crippen LogP contribution < -0.4 is 5.32 Å². The van der Waals surface area contributed by atoms with Crippen LogP contribution in [0.2, 0.25) is 0 Å². The second-order valence-electron chi connectivity index (χ2n) is 3.60. The molecule has 1 N–H and O–H groups in total. The molecule has 1 aliphatic carbocycles. The molecule has 1 heterocycles. The second kappa shape index (κ2) is 1.97. The van der Waals surface area contributed by atoms with E-state index in [9.17, 15) is 4.79 Å². The fourth-order valence-electron chi connectivity index (χ4n) is 2.06. The minimum Gasteiger partial charge on any atom is -0.353 e. The first-order chi connectivity index (χ1) is 4.77. The van der Waals surface area contributed by atoms with Crippen LogP contribution in [0.4, 0.5) is 0 Å². The predicted octanol–water partition coefficient (Wildman–Crippen LogP) is 0.921. The number of rotatable bonds is 0. The summed E-state index contributed by atoms with van der Waals surface area (Å²) in [7, 11) is 0. The Morgan fingerprint density at radius 2 is 2.30 bits per heavy atom. The molecule has 2 nitrogen and oxygen atoms in total. The van der Waals surface area contributed by atoms with Crippen LogP contribution in [0.1, 0.15) is 26.2 Å². The first-order valence-corrected chi connectivity index (χ1v) is 4.08. The highest BCUT2D eigenvalue weighted by molar-refractivity contribution is 5.81. The molecule has 1 saturated carbocycles. The molecule has 0 aromatic heterocycles. The van der Waals surface area contributed by atoms with Crippen LogP contribution in [-0.2, 0) is 4.79 Å². The van der Waals surface area contributed by atoms with Gasteiger partial charge in [-0.25, -0.2) is 0 Å². The van der Waals surface area contributed by atoms with E-state index in [2.05, 4.69) is 12.2 Å². The van der Waals surface area contributed by atoms with Gasteiger partial charge >= 0.3 is 0 Å². The standard InChI is InChI=1S/C8H13NO/c1-5-2-3-6-4-7(5)9-8(6)10/h5-7H,2-4H2,1H3,(H,9,10). The van der Waals surface area contributed by atoms with Crippen LogP contribution in [0.5, 0.6) is 0 Å². The van der Waals surface area contributed by atoms with Crippen LogP contribution in [0.3, 0.4) is 0 Å². The molecular weight excluding hydrogens is 126 g/mol. The van der Waals surface area contributed by atoms with Crippen LogP contribution in [0, 0.1) is 11.8 Å². The lowest BCUT2D eigenvalue weighted by Crippen LogP contribution is -2.30. The highest BCUT2D eigenvalue weighted by Crippen LogP contribution is 2.33. The number of carbonyl (C=O) groups excluding carboxylic acids is 1. The van der Waals surface area contributed by atoms with Gasteiger partial charge in [-0.05, 0) is 25.2 Å². The Morgan fingerprint density at radius 3 is 3.00 bits per heavy atom. The SMILES string of the molecule is CC1CCC2CC1NC2=O. The van der Waals surface area contributed by atoms with Crippen molar-refractivity contribution in [3.63, 3.8) is 0 Å². The highest BCUT2D eigenvalue weighted by Gasteiger charge is 2.38. The molecule has 1 amide bonds. The minimum atomic E-state index is 0.300. The Hall–Kier alpha value is -0.530. The van der Waals surface area contributed by atoms with Crippen molar-refractivity contribution >= 4 is 5.91 Å². The minimum absolute atomic E-state index is 0.300. The van der Waals surface area contributed by atoms with Crippen LogP contribution in [0.25, 0.3) is 0 Å². The summed E-state index contributed by atoms with van der Waals surface area (Å²) in [6.07, 6.45) is 3.44. The summed E-state index contributed by atoms with van der Waals surface area (Å²) in [5.74, 6) is 1.37. The third kappa shape index (κ3) is 0.746. The predicted molar refractivity (Wildman–Crippen MR) is 38.4 cm³/mol. The van der Waals surface area contributed by atoms with Gasteiger partial charge in [-0.15, -0.1) is 0 Å². The maximum absolute atomic E-state index is 11.1. The summed E-state index contributed by atoms with van der Waals surface area (Å²) < 4.78 is 0. The maximum Gasteiger partial charge on any atom is 0.223 e. The molecule has 2 bridgehead atoms. The van der Waals surface area contributed by atoms with E-state index in [0.717, 1.165) is 12.8 Å². The zero-order chi connectivity index (χ0) is 7.14. The van der Waals surface area contributed by atoms with E-state index >= 15 is 0 Å². The molecule has 0 aromatic rings. The van der Waals surface area contributed by atoms with Gasteiger partial charge in [0.25, 0.3) is 0 Å². The lowest BCUT2D eigenvalue weighted by molar-refractivity contribution is -0.122. The smallest absolute Gasteiger partial charge is 0.223 e. The van der Waals surface area contributed by atoms with E-state index < -0.39 is 0 Å². The lowest BCUT2D eigenvalue weighted by atomic mass is 9.83. The summed E-state index contributed by atoms with van der Waals surface area (Å²) in [5.41, 5.74) is 0. The number of nitrogens with one attached hydrogen (secondary N) is 1. The van der Waals surface area contributed by atoms with Crippen molar-refractivity contribution in [2.24, 2.45) is 11.8 Å².